The summed E-state index contributed by atoms with van der Waals surface area (Å²) < 4.78 is 0. The summed E-state index contributed by atoms with van der Waals surface area (Å²) in [7, 11) is 0. The van der Waals surface area contributed by atoms with Gasteiger partial charge in [0.15, 0.2) is 0 Å². The van der Waals surface area contributed by atoms with Crippen molar-refractivity contribution in [3.8, 4) is 0 Å². The van der Waals surface area contributed by atoms with Gasteiger partial charge in [-0.1, -0.05) is 90.0 Å². The van der Waals surface area contributed by atoms with E-state index in [1.807, 2.05) is 71.6 Å². The molecule has 164 valence electrons. The van der Waals surface area contributed by atoms with Crippen LogP contribution in [0.1, 0.15) is 29.2 Å². The van der Waals surface area contributed by atoms with Crippen LogP contribution in [0.15, 0.2) is 91.0 Å². The van der Waals surface area contributed by atoms with Crippen LogP contribution in [0.25, 0.3) is 0 Å². The molecule has 0 fully saturated rings. The molecule has 0 spiro atoms. The number of rotatable bonds is 5. The molecule has 0 aromatic heterocycles. The van der Waals surface area contributed by atoms with Crippen LogP contribution < -0.4 is 5.32 Å². The lowest BCUT2D eigenvalue weighted by Crippen LogP contribution is -2.48. The van der Waals surface area contributed by atoms with Crippen molar-refractivity contribution in [1.29, 1.82) is 0 Å². The van der Waals surface area contributed by atoms with Crippen molar-refractivity contribution in [2.24, 2.45) is 0 Å². The maximum Gasteiger partial charge on any atom is 0.240 e. The number of hydrogen-bond acceptors (Lipinski definition) is 2. The molecule has 1 aliphatic rings. The van der Waals surface area contributed by atoms with Crippen LogP contribution in [0, 0.1) is 0 Å². The number of benzene rings is 3. The zero-order chi connectivity index (χ0) is 22.3. The smallest absolute Gasteiger partial charge is 0.240 e. The topological polar surface area (TPSA) is 32.3 Å². The molecule has 0 aliphatic carbocycles. The van der Waals surface area contributed by atoms with Crippen molar-refractivity contribution >= 4 is 29.1 Å². The predicted octanol–water partition coefficient (Wildman–Crippen LogP) is 6.22. The van der Waals surface area contributed by atoms with Crippen LogP contribution in [0.3, 0.4) is 0 Å². The van der Waals surface area contributed by atoms with Gasteiger partial charge in [-0.15, -0.1) is 0 Å². The van der Waals surface area contributed by atoms with E-state index >= 15 is 0 Å². The number of carbonyl (C=O) groups is 1. The highest BCUT2D eigenvalue weighted by molar-refractivity contribution is 6.30. The van der Waals surface area contributed by atoms with Crippen LogP contribution >= 0.6 is 23.2 Å². The van der Waals surface area contributed by atoms with Gasteiger partial charge in [0.25, 0.3) is 0 Å². The Bertz CT molecular complexity index is 1050. The molecule has 3 aromatic rings. The first-order chi connectivity index (χ1) is 15.6. The van der Waals surface area contributed by atoms with Gasteiger partial charge in [-0.2, -0.15) is 0 Å². The second-order valence-electron chi connectivity index (χ2n) is 8.02. The van der Waals surface area contributed by atoms with Crippen LogP contribution in [-0.4, -0.2) is 23.4 Å². The minimum Gasteiger partial charge on any atom is -0.330 e. The van der Waals surface area contributed by atoms with Crippen LogP contribution in [0.2, 0.25) is 10.0 Å². The molecule has 0 bridgehead atoms. The normalized spacial score (nSPS) is 20.3. The Morgan fingerprint density at radius 1 is 0.812 bits per heavy atom. The van der Waals surface area contributed by atoms with E-state index < -0.39 is 0 Å². The molecule has 1 N–H and O–H groups in total. The molecule has 32 heavy (non-hydrogen) atoms. The van der Waals surface area contributed by atoms with Crippen LogP contribution in [0.4, 0.5) is 0 Å². The highest BCUT2D eigenvalue weighted by Gasteiger charge is 2.31. The molecule has 1 amide bonds. The summed E-state index contributed by atoms with van der Waals surface area (Å²) in [4.78, 5) is 15.9. The van der Waals surface area contributed by atoms with Crippen LogP contribution in [0.5, 0.6) is 0 Å². The minimum absolute atomic E-state index is 0.0902. The molecule has 3 nitrogen and oxygen atoms in total. The van der Waals surface area contributed by atoms with E-state index in [4.69, 9.17) is 23.2 Å². The van der Waals surface area contributed by atoms with E-state index in [9.17, 15) is 4.79 Å². The lowest BCUT2D eigenvalue weighted by Gasteiger charge is -2.34. The van der Waals surface area contributed by atoms with Gasteiger partial charge in [0.05, 0.1) is 12.1 Å². The summed E-state index contributed by atoms with van der Waals surface area (Å²) >= 11 is 12.2. The third-order valence-electron chi connectivity index (χ3n) is 5.77. The Kier molecular flexibility index (Phi) is 7.64. The largest absolute Gasteiger partial charge is 0.330 e. The van der Waals surface area contributed by atoms with E-state index in [2.05, 4.69) is 29.6 Å². The second-order valence-corrected chi connectivity index (χ2v) is 8.89. The Balaban J connectivity index is 1.70. The Hall–Kier alpha value is -2.59. The molecule has 1 aliphatic heterocycles. The van der Waals surface area contributed by atoms with Crippen molar-refractivity contribution in [3.63, 3.8) is 0 Å². The van der Waals surface area contributed by atoms with E-state index in [0.29, 0.717) is 29.6 Å². The summed E-state index contributed by atoms with van der Waals surface area (Å²) in [6, 6.07) is 25.2. The van der Waals surface area contributed by atoms with Gasteiger partial charge >= 0.3 is 0 Å². The SMILES string of the molecule is O=C1[C@H](Cc2ccccc2)NC/C=C\C[C@H](c2ccc(Cl)cc2)N1Cc1ccc(Cl)cc1. The number of nitrogens with one attached hydrogen (secondary N) is 1. The molecular weight excluding hydrogens is 439 g/mol. The van der Waals surface area contributed by atoms with Gasteiger partial charge < -0.3 is 10.2 Å². The van der Waals surface area contributed by atoms with Gasteiger partial charge in [0.2, 0.25) is 5.91 Å². The average molecular weight is 465 g/mol. The molecule has 3 aromatic carbocycles. The maximum atomic E-state index is 14.0. The molecule has 0 saturated heterocycles. The molecular formula is C27H26Cl2N2O. The summed E-state index contributed by atoms with van der Waals surface area (Å²) in [6.45, 7) is 1.16. The van der Waals surface area contributed by atoms with Crippen LogP contribution in [-0.2, 0) is 17.8 Å². The summed E-state index contributed by atoms with van der Waals surface area (Å²) in [5, 5.41) is 4.82. The maximum absolute atomic E-state index is 14.0. The van der Waals surface area contributed by atoms with Crippen molar-refractivity contribution in [3.05, 3.63) is 118 Å². The number of hydrogen-bond donors (Lipinski definition) is 1. The molecule has 5 heteroatoms. The first-order valence-electron chi connectivity index (χ1n) is 10.8. The van der Waals surface area contributed by atoms with Crippen molar-refractivity contribution < 1.29 is 4.79 Å². The summed E-state index contributed by atoms with van der Waals surface area (Å²) in [6.07, 6.45) is 5.64. The van der Waals surface area contributed by atoms with E-state index in [0.717, 1.165) is 23.1 Å². The highest BCUT2D eigenvalue weighted by atomic mass is 35.5. The lowest BCUT2D eigenvalue weighted by molar-refractivity contribution is -0.136. The zero-order valence-corrected chi connectivity index (χ0v) is 19.3. The lowest BCUT2D eigenvalue weighted by atomic mass is 9.98. The van der Waals surface area contributed by atoms with Crippen molar-refractivity contribution in [2.75, 3.05) is 6.54 Å². The van der Waals surface area contributed by atoms with Gasteiger partial charge in [-0.05, 0) is 53.8 Å². The molecule has 1 heterocycles. The Morgan fingerprint density at radius 2 is 1.47 bits per heavy atom. The van der Waals surface area contributed by atoms with E-state index in [1.165, 1.54) is 0 Å². The van der Waals surface area contributed by atoms with Gasteiger partial charge in [0, 0.05) is 23.1 Å². The first kappa shape index (κ1) is 22.6. The minimum atomic E-state index is -0.317. The Labute approximate surface area is 199 Å². The third kappa shape index (κ3) is 5.80. The fourth-order valence-electron chi connectivity index (χ4n) is 4.07. The van der Waals surface area contributed by atoms with Crippen molar-refractivity contribution in [1.82, 2.24) is 10.2 Å². The highest BCUT2D eigenvalue weighted by Crippen LogP contribution is 2.30. The number of carbonyl (C=O) groups excluding carboxylic acids is 1. The Morgan fingerprint density at radius 3 is 2.16 bits per heavy atom. The quantitative estimate of drug-likeness (QED) is 0.454. The number of nitrogens with zero attached hydrogens (tertiary/aromatic N) is 1. The molecule has 0 radical (unpaired) electrons. The monoisotopic (exact) mass is 464 g/mol. The first-order valence-corrected chi connectivity index (χ1v) is 11.6. The van der Waals surface area contributed by atoms with E-state index in [-0.39, 0.29) is 18.0 Å². The fourth-order valence-corrected chi connectivity index (χ4v) is 4.32. The molecule has 2 atom stereocenters. The van der Waals surface area contributed by atoms with E-state index in [1.54, 1.807) is 0 Å². The summed E-state index contributed by atoms with van der Waals surface area (Å²) in [5.74, 6) is 0.0902. The fraction of sp³-hybridized carbons (Fsp3) is 0.222. The zero-order valence-electron chi connectivity index (χ0n) is 17.8. The average Bonchev–Trinajstić information content (AvgIpc) is 2.88. The number of amides is 1. The van der Waals surface area contributed by atoms with Crippen molar-refractivity contribution in [2.45, 2.75) is 31.5 Å². The van der Waals surface area contributed by atoms with Gasteiger partial charge in [-0.3, -0.25) is 4.79 Å². The second kappa shape index (κ2) is 10.8. The van der Waals surface area contributed by atoms with Gasteiger partial charge in [0.1, 0.15) is 0 Å². The van der Waals surface area contributed by atoms with Gasteiger partial charge in [-0.25, -0.2) is 0 Å². The molecule has 4 rings (SSSR count). The standard InChI is InChI=1S/C27H26Cl2N2O/c28-23-13-9-21(10-14-23)19-31-26(22-11-15-24(29)16-12-22)8-4-5-17-30-25(27(31)32)18-20-6-2-1-3-7-20/h1-7,9-16,25-26,30H,8,17-19H2/b5-4-/t25-,26+/m0/s1. The third-order valence-corrected chi connectivity index (χ3v) is 6.27. The molecule has 0 saturated carbocycles. The number of halogens is 2. The predicted molar refractivity (Wildman–Crippen MR) is 132 cm³/mol. The molecule has 0 unspecified atom stereocenters. The summed E-state index contributed by atoms with van der Waals surface area (Å²) in [5.41, 5.74) is 3.25.